The number of benzene rings is 3. The number of nitrogens with one attached hydrogen (secondary N) is 1. The first-order valence-corrected chi connectivity index (χ1v) is 10.8. The molecular weight excluding hydrogens is 482 g/mol. The molecule has 0 heterocycles. The lowest BCUT2D eigenvalue weighted by Gasteiger charge is -2.24. The molecule has 3 aromatic rings. The van der Waals surface area contributed by atoms with Crippen LogP contribution in [0.15, 0.2) is 81.7 Å². The minimum Gasteiger partial charge on any atom is -0.494 e. The van der Waals surface area contributed by atoms with Gasteiger partial charge in [0.15, 0.2) is 0 Å². The Bertz CT molecular complexity index is 865. The molecular formula is C23H23Br2NO2. The summed E-state index contributed by atoms with van der Waals surface area (Å²) in [6.07, 6.45) is -0.0290. The lowest BCUT2D eigenvalue weighted by molar-refractivity contribution is 0.160. The van der Waals surface area contributed by atoms with Crippen LogP contribution in [0.1, 0.15) is 36.6 Å². The molecule has 3 aromatic carbocycles. The van der Waals surface area contributed by atoms with Crippen LogP contribution in [0.25, 0.3) is 0 Å². The van der Waals surface area contributed by atoms with Gasteiger partial charge in [0, 0.05) is 21.1 Å². The molecule has 0 amide bonds. The highest BCUT2D eigenvalue weighted by Crippen LogP contribution is 2.31. The van der Waals surface area contributed by atoms with Gasteiger partial charge in [-0.15, -0.1) is 0 Å². The molecule has 3 nitrogen and oxygen atoms in total. The first-order chi connectivity index (χ1) is 13.5. The van der Waals surface area contributed by atoms with E-state index in [1.165, 1.54) is 0 Å². The molecule has 28 heavy (non-hydrogen) atoms. The van der Waals surface area contributed by atoms with Crippen molar-refractivity contribution in [2.75, 3.05) is 11.9 Å². The van der Waals surface area contributed by atoms with Crippen LogP contribution in [0.2, 0.25) is 0 Å². The Balaban J connectivity index is 1.82. The van der Waals surface area contributed by atoms with Crippen molar-refractivity contribution < 1.29 is 9.84 Å². The van der Waals surface area contributed by atoms with E-state index in [0.717, 1.165) is 31.5 Å². The second-order valence-corrected chi connectivity index (χ2v) is 8.34. The number of rotatable bonds is 8. The van der Waals surface area contributed by atoms with Crippen LogP contribution in [0, 0.1) is 0 Å². The molecule has 0 bridgehead atoms. The monoisotopic (exact) mass is 503 g/mol. The number of anilines is 1. The third-order valence-electron chi connectivity index (χ3n) is 4.49. The molecule has 2 N–H and O–H groups in total. The number of aliphatic hydroxyl groups is 1. The largest absolute Gasteiger partial charge is 0.494 e. The fourth-order valence-electron chi connectivity index (χ4n) is 3.03. The van der Waals surface area contributed by atoms with E-state index in [1.54, 1.807) is 0 Å². The molecule has 5 heteroatoms. The normalized spacial score (nSPS) is 13.0. The van der Waals surface area contributed by atoms with Gasteiger partial charge in [0.2, 0.25) is 0 Å². The third kappa shape index (κ3) is 5.84. The van der Waals surface area contributed by atoms with E-state index in [0.29, 0.717) is 13.0 Å². The number of hydrogen-bond acceptors (Lipinski definition) is 3. The average Bonchev–Trinajstić information content (AvgIpc) is 2.70. The number of hydrogen-bond donors (Lipinski definition) is 2. The average molecular weight is 505 g/mol. The molecule has 2 atom stereocenters. The van der Waals surface area contributed by atoms with Gasteiger partial charge in [-0.2, -0.15) is 0 Å². The van der Waals surface area contributed by atoms with Crippen LogP contribution in [-0.2, 0) is 0 Å². The number of ether oxygens (including phenoxy) is 1. The number of aliphatic hydroxyl groups excluding tert-OH is 1. The van der Waals surface area contributed by atoms with Crippen LogP contribution >= 0.6 is 31.9 Å². The summed E-state index contributed by atoms with van der Waals surface area (Å²) in [6, 6.07) is 23.9. The van der Waals surface area contributed by atoms with E-state index in [1.807, 2.05) is 67.6 Å². The van der Waals surface area contributed by atoms with E-state index in [9.17, 15) is 5.11 Å². The van der Waals surface area contributed by atoms with E-state index in [2.05, 4.69) is 49.3 Å². The zero-order chi connectivity index (χ0) is 19.9. The van der Waals surface area contributed by atoms with Crippen LogP contribution in [0.5, 0.6) is 5.75 Å². The fourth-order valence-corrected chi connectivity index (χ4v) is 3.56. The summed E-state index contributed by atoms with van der Waals surface area (Å²) < 4.78 is 7.59. The van der Waals surface area contributed by atoms with Gasteiger partial charge < -0.3 is 15.2 Å². The van der Waals surface area contributed by atoms with Gasteiger partial charge in [-0.25, -0.2) is 0 Å². The minimum absolute atomic E-state index is 0.0458. The number of halogens is 2. The fraction of sp³-hybridized carbons (Fsp3) is 0.217. The second-order valence-electron chi connectivity index (χ2n) is 6.51. The smallest absolute Gasteiger partial charge is 0.119 e. The highest BCUT2D eigenvalue weighted by molar-refractivity contribution is 9.10. The zero-order valence-corrected chi connectivity index (χ0v) is 18.8. The standard InChI is InChI=1S/C23H23Br2NO2/c1-2-28-21-13-5-16(6-14-21)22(26-20-11-9-19(25)10-12-20)15-23(27)17-3-7-18(24)8-4-17/h3-14,22-23,26-27H,2,15H2,1H3. The van der Waals surface area contributed by atoms with E-state index in [-0.39, 0.29) is 6.04 Å². The maximum atomic E-state index is 10.8. The van der Waals surface area contributed by atoms with Gasteiger partial charge in [0.25, 0.3) is 0 Å². The molecule has 0 fully saturated rings. The lowest BCUT2D eigenvalue weighted by atomic mass is 9.96. The van der Waals surface area contributed by atoms with Crippen LogP contribution < -0.4 is 10.1 Å². The summed E-state index contributed by atoms with van der Waals surface area (Å²) in [5.41, 5.74) is 3.00. The van der Waals surface area contributed by atoms with Gasteiger partial charge in [-0.1, -0.05) is 56.1 Å². The van der Waals surface area contributed by atoms with Crippen molar-refractivity contribution in [3.8, 4) is 5.75 Å². The van der Waals surface area contributed by atoms with Crippen molar-refractivity contribution in [1.29, 1.82) is 0 Å². The van der Waals surface area contributed by atoms with Crippen molar-refractivity contribution in [3.63, 3.8) is 0 Å². The molecule has 0 saturated heterocycles. The third-order valence-corrected chi connectivity index (χ3v) is 5.55. The SMILES string of the molecule is CCOc1ccc(C(CC(O)c2ccc(Br)cc2)Nc2ccc(Br)cc2)cc1. The van der Waals surface area contributed by atoms with Gasteiger partial charge in [-0.05, 0) is 66.6 Å². The quantitative estimate of drug-likeness (QED) is 0.351. The Morgan fingerprint density at radius 1 is 0.821 bits per heavy atom. The zero-order valence-electron chi connectivity index (χ0n) is 15.6. The molecule has 146 valence electrons. The Morgan fingerprint density at radius 2 is 1.36 bits per heavy atom. The van der Waals surface area contributed by atoms with Crippen LogP contribution in [0.3, 0.4) is 0 Å². The van der Waals surface area contributed by atoms with Crippen molar-refractivity contribution in [1.82, 2.24) is 0 Å². The first kappa shape index (κ1) is 20.9. The minimum atomic E-state index is -0.576. The summed E-state index contributed by atoms with van der Waals surface area (Å²) in [7, 11) is 0. The molecule has 0 aliphatic heterocycles. The molecule has 0 aliphatic carbocycles. The van der Waals surface area contributed by atoms with Gasteiger partial charge in [0.1, 0.15) is 5.75 Å². The molecule has 0 spiro atoms. The predicted octanol–water partition coefficient (Wildman–Crippen LogP) is 6.89. The van der Waals surface area contributed by atoms with Crippen molar-refractivity contribution >= 4 is 37.5 Å². The Hall–Kier alpha value is -1.82. The lowest BCUT2D eigenvalue weighted by Crippen LogP contribution is -2.15. The topological polar surface area (TPSA) is 41.5 Å². The molecule has 0 radical (unpaired) electrons. The highest BCUT2D eigenvalue weighted by atomic mass is 79.9. The summed E-state index contributed by atoms with van der Waals surface area (Å²) in [5.74, 6) is 0.849. The predicted molar refractivity (Wildman–Crippen MR) is 122 cm³/mol. The van der Waals surface area contributed by atoms with E-state index >= 15 is 0 Å². The van der Waals surface area contributed by atoms with Crippen molar-refractivity contribution in [2.45, 2.75) is 25.5 Å². The second kappa shape index (κ2) is 10.1. The first-order valence-electron chi connectivity index (χ1n) is 9.23. The van der Waals surface area contributed by atoms with Gasteiger partial charge in [0.05, 0.1) is 18.8 Å². The van der Waals surface area contributed by atoms with Gasteiger partial charge >= 0.3 is 0 Å². The maximum Gasteiger partial charge on any atom is 0.119 e. The maximum absolute atomic E-state index is 10.8. The summed E-state index contributed by atoms with van der Waals surface area (Å²) in [6.45, 7) is 2.61. The van der Waals surface area contributed by atoms with E-state index in [4.69, 9.17) is 4.74 Å². The highest BCUT2D eigenvalue weighted by Gasteiger charge is 2.18. The summed E-state index contributed by atoms with van der Waals surface area (Å²) in [5, 5.41) is 14.4. The molecule has 2 unspecified atom stereocenters. The van der Waals surface area contributed by atoms with Crippen LogP contribution in [-0.4, -0.2) is 11.7 Å². The van der Waals surface area contributed by atoms with Crippen LogP contribution in [0.4, 0.5) is 5.69 Å². The molecule has 0 aromatic heterocycles. The Labute approximate surface area is 183 Å². The molecule has 3 rings (SSSR count). The van der Waals surface area contributed by atoms with E-state index < -0.39 is 6.10 Å². The van der Waals surface area contributed by atoms with Crippen molar-refractivity contribution in [3.05, 3.63) is 92.9 Å². The Kier molecular flexibility index (Phi) is 7.54. The van der Waals surface area contributed by atoms with Crippen molar-refractivity contribution in [2.24, 2.45) is 0 Å². The summed E-state index contributed by atoms with van der Waals surface area (Å²) in [4.78, 5) is 0. The van der Waals surface area contributed by atoms with Gasteiger partial charge in [-0.3, -0.25) is 0 Å². The summed E-state index contributed by atoms with van der Waals surface area (Å²) >= 11 is 6.91. The molecule has 0 aliphatic rings. The molecule has 0 saturated carbocycles. The Morgan fingerprint density at radius 3 is 1.93 bits per heavy atom.